The summed E-state index contributed by atoms with van der Waals surface area (Å²) in [5, 5.41) is 9.03. The van der Waals surface area contributed by atoms with Gasteiger partial charge in [0.1, 0.15) is 5.75 Å². The van der Waals surface area contributed by atoms with Gasteiger partial charge in [0.25, 0.3) is 5.92 Å². The number of rotatable bonds is 4. The highest BCUT2D eigenvalue weighted by Gasteiger charge is 2.71. The Hall–Kier alpha value is -1.30. The Morgan fingerprint density at radius 3 is 2.12 bits per heavy atom. The summed E-state index contributed by atoms with van der Waals surface area (Å²) in [5.74, 6) is -3.03. The van der Waals surface area contributed by atoms with Gasteiger partial charge in [-0.05, 0) is 17.7 Å². The molecular formula is C11H10F4O2. The number of aliphatic hydroxyl groups excluding tert-OH is 1. The summed E-state index contributed by atoms with van der Waals surface area (Å²) in [4.78, 5) is 0. The summed E-state index contributed by atoms with van der Waals surface area (Å²) in [6, 6.07) is 4.92. The highest BCUT2D eigenvalue weighted by Crippen LogP contribution is 2.61. The van der Waals surface area contributed by atoms with E-state index in [0.29, 0.717) is 0 Å². The van der Waals surface area contributed by atoms with Crippen LogP contribution in [0.15, 0.2) is 24.3 Å². The molecule has 94 valence electrons. The van der Waals surface area contributed by atoms with Crippen LogP contribution >= 0.6 is 0 Å². The van der Waals surface area contributed by atoms with Gasteiger partial charge in [-0.2, -0.15) is 8.78 Å². The number of hydrogen-bond acceptors (Lipinski definition) is 2. The van der Waals surface area contributed by atoms with Gasteiger partial charge in [0.05, 0.1) is 12.0 Å². The van der Waals surface area contributed by atoms with E-state index in [0.717, 1.165) is 0 Å². The van der Waals surface area contributed by atoms with Crippen molar-refractivity contribution in [3.05, 3.63) is 29.8 Å². The molecule has 0 aliphatic heterocycles. The lowest BCUT2D eigenvalue weighted by Gasteiger charge is -2.14. The Morgan fingerprint density at radius 2 is 1.76 bits per heavy atom. The first-order valence-electron chi connectivity index (χ1n) is 4.95. The van der Waals surface area contributed by atoms with Gasteiger partial charge in [0.15, 0.2) is 0 Å². The maximum atomic E-state index is 13.1. The maximum absolute atomic E-state index is 13.1. The van der Waals surface area contributed by atoms with Crippen LogP contribution in [0.25, 0.3) is 0 Å². The van der Waals surface area contributed by atoms with Gasteiger partial charge in [-0.3, -0.25) is 0 Å². The van der Waals surface area contributed by atoms with Crippen LogP contribution in [0.5, 0.6) is 5.75 Å². The zero-order valence-electron chi connectivity index (χ0n) is 8.67. The average molecular weight is 250 g/mol. The van der Waals surface area contributed by atoms with Crippen LogP contribution in [0.1, 0.15) is 12.0 Å². The number of benzene rings is 1. The molecule has 2 nitrogen and oxygen atoms in total. The molecule has 1 aliphatic carbocycles. The minimum absolute atomic E-state index is 0.0965. The molecule has 1 aromatic carbocycles. The van der Waals surface area contributed by atoms with Crippen molar-refractivity contribution in [2.45, 2.75) is 24.4 Å². The smallest absolute Gasteiger partial charge is 0.387 e. The summed E-state index contributed by atoms with van der Waals surface area (Å²) >= 11 is 0. The lowest BCUT2D eigenvalue weighted by Crippen LogP contribution is -2.21. The molecule has 1 fully saturated rings. The molecule has 1 aromatic rings. The van der Waals surface area contributed by atoms with Gasteiger partial charge in [0.2, 0.25) is 0 Å². The van der Waals surface area contributed by atoms with E-state index < -0.39 is 31.0 Å². The molecule has 0 amide bonds. The molecule has 2 rings (SSSR count). The average Bonchev–Trinajstić information content (AvgIpc) is 2.82. The normalized spacial score (nSPS) is 26.0. The SMILES string of the molecule is OCC1(c2ccc(OC(F)F)cc2)CC1(F)F. The monoisotopic (exact) mass is 250 g/mol. The molecule has 1 N–H and O–H groups in total. The number of aliphatic hydroxyl groups is 1. The Bertz CT molecular complexity index is 404. The molecule has 0 aromatic heterocycles. The van der Waals surface area contributed by atoms with Crippen LogP contribution in [-0.2, 0) is 5.41 Å². The Labute approximate surface area is 94.8 Å². The quantitative estimate of drug-likeness (QED) is 0.832. The van der Waals surface area contributed by atoms with E-state index in [1.807, 2.05) is 0 Å². The molecular weight excluding hydrogens is 240 g/mol. The van der Waals surface area contributed by atoms with Crippen molar-refractivity contribution in [3.8, 4) is 5.75 Å². The number of ether oxygens (including phenoxy) is 1. The van der Waals surface area contributed by atoms with Crippen molar-refractivity contribution in [3.63, 3.8) is 0 Å². The minimum atomic E-state index is -2.95. The fourth-order valence-electron chi connectivity index (χ4n) is 1.87. The Kier molecular flexibility index (Phi) is 2.77. The predicted octanol–water partition coefficient (Wildman–Crippen LogP) is 2.56. The lowest BCUT2D eigenvalue weighted by atomic mass is 9.96. The third kappa shape index (κ3) is 1.97. The van der Waals surface area contributed by atoms with Crippen molar-refractivity contribution in [1.82, 2.24) is 0 Å². The summed E-state index contributed by atoms with van der Waals surface area (Å²) < 4.78 is 54.1. The van der Waals surface area contributed by atoms with Gasteiger partial charge < -0.3 is 9.84 Å². The topological polar surface area (TPSA) is 29.5 Å². The Balaban J connectivity index is 2.19. The van der Waals surface area contributed by atoms with Crippen LogP contribution in [-0.4, -0.2) is 24.2 Å². The van der Waals surface area contributed by atoms with Crippen LogP contribution in [0.2, 0.25) is 0 Å². The third-order valence-corrected chi connectivity index (χ3v) is 3.00. The molecule has 1 saturated carbocycles. The van der Waals surface area contributed by atoms with Crippen LogP contribution < -0.4 is 4.74 Å². The fraction of sp³-hybridized carbons (Fsp3) is 0.455. The summed E-state index contributed by atoms with van der Waals surface area (Å²) in [6.45, 7) is -3.62. The number of halogens is 4. The molecule has 0 radical (unpaired) electrons. The molecule has 1 unspecified atom stereocenters. The highest BCUT2D eigenvalue weighted by atomic mass is 19.3. The number of hydrogen-bond donors (Lipinski definition) is 1. The summed E-state index contributed by atoms with van der Waals surface area (Å²) in [7, 11) is 0. The summed E-state index contributed by atoms with van der Waals surface area (Å²) in [6.07, 6.45) is -0.425. The highest BCUT2D eigenvalue weighted by molar-refractivity contribution is 5.40. The number of alkyl halides is 4. The summed E-state index contributed by atoms with van der Waals surface area (Å²) in [5.41, 5.74) is -1.33. The molecule has 0 saturated heterocycles. The first kappa shape index (κ1) is 12.2. The molecule has 0 heterocycles. The zero-order valence-corrected chi connectivity index (χ0v) is 8.67. The van der Waals surface area contributed by atoms with E-state index >= 15 is 0 Å². The minimum Gasteiger partial charge on any atom is -0.435 e. The molecule has 1 atom stereocenters. The van der Waals surface area contributed by atoms with E-state index in [1.165, 1.54) is 24.3 Å². The molecule has 0 spiro atoms. The van der Waals surface area contributed by atoms with Crippen molar-refractivity contribution in [2.75, 3.05) is 6.61 Å². The molecule has 0 bridgehead atoms. The van der Waals surface area contributed by atoms with Crippen molar-refractivity contribution in [1.29, 1.82) is 0 Å². The van der Waals surface area contributed by atoms with Gasteiger partial charge in [0, 0.05) is 6.42 Å². The molecule has 17 heavy (non-hydrogen) atoms. The Morgan fingerprint density at radius 1 is 1.24 bits per heavy atom. The van der Waals surface area contributed by atoms with Crippen molar-refractivity contribution < 1.29 is 27.4 Å². The molecule has 6 heteroatoms. The van der Waals surface area contributed by atoms with Crippen LogP contribution in [0, 0.1) is 0 Å². The van der Waals surface area contributed by atoms with E-state index in [4.69, 9.17) is 5.11 Å². The van der Waals surface area contributed by atoms with Gasteiger partial charge in [-0.1, -0.05) is 12.1 Å². The van der Waals surface area contributed by atoms with E-state index in [9.17, 15) is 17.6 Å². The van der Waals surface area contributed by atoms with E-state index in [-0.39, 0.29) is 11.3 Å². The zero-order chi connectivity index (χ0) is 12.7. The van der Waals surface area contributed by atoms with Gasteiger partial charge in [-0.25, -0.2) is 8.78 Å². The van der Waals surface area contributed by atoms with Gasteiger partial charge in [-0.15, -0.1) is 0 Å². The van der Waals surface area contributed by atoms with Gasteiger partial charge >= 0.3 is 6.61 Å². The lowest BCUT2D eigenvalue weighted by molar-refractivity contribution is -0.0498. The first-order valence-corrected chi connectivity index (χ1v) is 4.95. The second-order valence-corrected chi connectivity index (χ2v) is 4.02. The van der Waals surface area contributed by atoms with Crippen molar-refractivity contribution in [2.24, 2.45) is 0 Å². The van der Waals surface area contributed by atoms with Crippen LogP contribution in [0.3, 0.4) is 0 Å². The van der Waals surface area contributed by atoms with Crippen molar-refractivity contribution >= 4 is 0 Å². The van der Waals surface area contributed by atoms with E-state index in [2.05, 4.69) is 4.74 Å². The third-order valence-electron chi connectivity index (χ3n) is 3.00. The predicted molar refractivity (Wildman–Crippen MR) is 51.4 cm³/mol. The van der Waals surface area contributed by atoms with Crippen LogP contribution in [0.4, 0.5) is 17.6 Å². The second kappa shape index (κ2) is 3.87. The second-order valence-electron chi connectivity index (χ2n) is 4.02. The van der Waals surface area contributed by atoms with E-state index in [1.54, 1.807) is 0 Å². The molecule has 1 aliphatic rings. The maximum Gasteiger partial charge on any atom is 0.387 e. The first-order chi connectivity index (χ1) is 7.91. The fourth-order valence-corrected chi connectivity index (χ4v) is 1.87. The standard InChI is InChI=1S/C11H10F4O2/c12-9(13)17-8-3-1-7(2-4-8)10(6-16)5-11(10,14)15/h1-4,9,16H,5-6H2. The largest absolute Gasteiger partial charge is 0.435 e.